The van der Waals surface area contributed by atoms with Crippen LogP contribution in [0.3, 0.4) is 0 Å². The highest BCUT2D eigenvalue weighted by Gasteiger charge is 2.24. The Kier molecular flexibility index (Phi) is 4.43. The van der Waals surface area contributed by atoms with Gasteiger partial charge in [-0.3, -0.25) is 4.57 Å². The zero-order valence-corrected chi connectivity index (χ0v) is 15.1. The average molecular weight is 359 g/mol. The molecule has 25 heavy (non-hydrogen) atoms. The molecule has 0 saturated heterocycles. The monoisotopic (exact) mass is 358 g/mol. The number of ether oxygens (including phenoxy) is 1. The number of fused-ring (bicyclic) bond motifs is 1. The Balaban J connectivity index is 2.17. The van der Waals surface area contributed by atoms with Crippen molar-refractivity contribution in [2.45, 2.75) is 32.9 Å². The predicted molar refractivity (Wildman–Crippen MR) is 98.4 cm³/mol. The Morgan fingerprint density at radius 1 is 1.08 bits per heavy atom. The standard InChI is InChI=1S/C19H19ClN2O3/c1-19(2,3)25-18(24)22-15-10-9-14(20)11-16(15)21(17(22)23)12-13-7-5-4-6-8-13/h4-11H,12H2,1-3H3. The van der Waals surface area contributed by atoms with Crippen LogP contribution in [-0.4, -0.2) is 20.8 Å². The van der Waals surface area contributed by atoms with Gasteiger partial charge in [-0.15, -0.1) is 0 Å². The fraction of sp³-hybridized carbons (Fsp3) is 0.263. The van der Waals surface area contributed by atoms with Gasteiger partial charge >= 0.3 is 11.8 Å². The van der Waals surface area contributed by atoms with E-state index in [2.05, 4.69) is 0 Å². The number of hydrogen-bond donors (Lipinski definition) is 0. The molecule has 0 spiro atoms. The highest BCUT2D eigenvalue weighted by atomic mass is 35.5. The van der Waals surface area contributed by atoms with Gasteiger partial charge in [-0.05, 0) is 44.5 Å². The molecule has 0 N–H and O–H groups in total. The van der Waals surface area contributed by atoms with Crippen LogP contribution in [0.5, 0.6) is 0 Å². The highest BCUT2D eigenvalue weighted by Crippen LogP contribution is 2.21. The smallest absolute Gasteiger partial charge is 0.423 e. The molecule has 0 radical (unpaired) electrons. The SMILES string of the molecule is CC(C)(C)OC(=O)n1c(=O)n(Cc2ccccc2)c2cc(Cl)ccc21. The molecule has 6 heteroatoms. The summed E-state index contributed by atoms with van der Waals surface area (Å²) < 4.78 is 7.97. The van der Waals surface area contributed by atoms with Crippen LogP contribution in [-0.2, 0) is 11.3 Å². The molecule has 1 heterocycles. The van der Waals surface area contributed by atoms with Crippen molar-refractivity contribution in [1.82, 2.24) is 9.13 Å². The van der Waals surface area contributed by atoms with E-state index in [4.69, 9.17) is 16.3 Å². The molecule has 0 aliphatic carbocycles. The number of carbonyl (C=O) groups excluding carboxylic acids is 1. The topological polar surface area (TPSA) is 53.2 Å². The number of halogens is 1. The third-order valence-electron chi connectivity index (χ3n) is 3.65. The molecule has 1 aromatic heterocycles. The summed E-state index contributed by atoms with van der Waals surface area (Å²) in [6.45, 7) is 5.62. The minimum atomic E-state index is -0.698. The predicted octanol–water partition coefficient (Wildman–Crippen LogP) is 4.29. The Labute approximate surface area is 150 Å². The third-order valence-corrected chi connectivity index (χ3v) is 3.89. The molecule has 3 aromatic rings. The summed E-state index contributed by atoms with van der Waals surface area (Å²) >= 11 is 6.10. The highest BCUT2D eigenvalue weighted by molar-refractivity contribution is 6.31. The second-order valence-electron chi connectivity index (χ2n) is 6.80. The van der Waals surface area contributed by atoms with E-state index in [0.717, 1.165) is 10.1 Å². The van der Waals surface area contributed by atoms with Gasteiger partial charge in [0.2, 0.25) is 0 Å². The van der Waals surface area contributed by atoms with Crippen molar-refractivity contribution in [2.75, 3.05) is 0 Å². The lowest BCUT2D eigenvalue weighted by atomic mass is 10.2. The van der Waals surface area contributed by atoms with Crippen molar-refractivity contribution in [3.63, 3.8) is 0 Å². The lowest BCUT2D eigenvalue weighted by molar-refractivity contribution is 0.0537. The fourth-order valence-corrected chi connectivity index (χ4v) is 2.80. The molecule has 0 amide bonds. The van der Waals surface area contributed by atoms with Crippen LogP contribution in [0.15, 0.2) is 53.3 Å². The van der Waals surface area contributed by atoms with Crippen LogP contribution >= 0.6 is 11.6 Å². The van der Waals surface area contributed by atoms with Gasteiger partial charge in [0.05, 0.1) is 17.6 Å². The van der Waals surface area contributed by atoms with Crippen LogP contribution < -0.4 is 5.69 Å². The summed E-state index contributed by atoms with van der Waals surface area (Å²) in [5.74, 6) is 0. The van der Waals surface area contributed by atoms with Crippen molar-refractivity contribution in [3.05, 3.63) is 69.6 Å². The van der Waals surface area contributed by atoms with Crippen molar-refractivity contribution >= 4 is 28.7 Å². The van der Waals surface area contributed by atoms with Crippen molar-refractivity contribution in [2.24, 2.45) is 0 Å². The summed E-state index contributed by atoms with van der Waals surface area (Å²) in [5.41, 5.74) is 0.867. The summed E-state index contributed by atoms with van der Waals surface area (Å²) in [5, 5.41) is 0.496. The summed E-state index contributed by atoms with van der Waals surface area (Å²) in [6, 6.07) is 14.6. The molecule has 0 fully saturated rings. The summed E-state index contributed by atoms with van der Waals surface area (Å²) in [6.07, 6.45) is -0.698. The number of aromatic nitrogens is 2. The second-order valence-corrected chi connectivity index (χ2v) is 7.24. The molecule has 0 aliphatic heterocycles. The lowest BCUT2D eigenvalue weighted by Gasteiger charge is -2.19. The van der Waals surface area contributed by atoms with Gasteiger partial charge in [0.1, 0.15) is 5.60 Å². The molecule has 0 bridgehead atoms. The molecule has 3 rings (SSSR count). The maximum absolute atomic E-state index is 12.9. The quantitative estimate of drug-likeness (QED) is 0.686. The number of rotatable bonds is 2. The van der Waals surface area contributed by atoms with Gasteiger partial charge in [0.15, 0.2) is 0 Å². The molecule has 2 aromatic carbocycles. The number of nitrogens with zero attached hydrogens (tertiary/aromatic N) is 2. The first-order valence-corrected chi connectivity index (χ1v) is 8.32. The molecule has 5 nitrogen and oxygen atoms in total. The number of benzene rings is 2. The maximum atomic E-state index is 12.9. The van der Waals surface area contributed by atoms with E-state index in [0.29, 0.717) is 22.6 Å². The van der Waals surface area contributed by atoms with Crippen LogP contribution in [0.2, 0.25) is 5.02 Å². The summed E-state index contributed by atoms with van der Waals surface area (Å²) in [7, 11) is 0. The van der Waals surface area contributed by atoms with Gasteiger partial charge in [0, 0.05) is 5.02 Å². The van der Waals surface area contributed by atoms with Gasteiger partial charge in [-0.1, -0.05) is 41.9 Å². The van der Waals surface area contributed by atoms with Crippen LogP contribution in [0.4, 0.5) is 4.79 Å². The molecule has 130 valence electrons. The Hall–Kier alpha value is -2.53. The van der Waals surface area contributed by atoms with Crippen LogP contribution in [0.25, 0.3) is 11.0 Å². The largest absolute Gasteiger partial charge is 0.443 e. The van der Waals surface area contributed by atoms with Gasteiger partial charge in [-0.2, -0.15) is 4.57 Å². The van der Waals surface area contributed by atoms with Gasteiger partial charge in [-0.25, -0.2) is 9.59 Å². The maximum Gasteiger partial charge on any atom is 0.423 e. The number of carbonyl (C=O) groups is 1. The first kappa shape index (κ1) is 17.3. The molecule has 0 unspecified atom stereocenters. The Bertz CT molecular complexity index is 982. The van der Waals surface area contributed by atoms with E-state index in [1.165, 1.54) is 4.57 Å². The molecular formula is C19H19ClN2O3. The first-order valence-electron chi connectivity index (χ1n) is 7.94. The van der Waals surface area contributed by atoms with E-state index in [1.54, 1.807) is 39.0 Å². The number of hydrogen-bond acceptors (Lipinski definition) is 3. The first-order chi connectivity index (χ1) is 11.8. The van der Waals surface area contributed by atoms with E-state index in [1.807, 2.05) is 30.3 Å². The van der Waals surface area contributed by atoms with E-state index in [9.17, 15) is 9.59 Å². The lowest BCUT2D eigenvalue weighted by Crippen LogP contribution is -2.34. The van der Waals surface area contributed by atoms with E-state index < -0.39 is 17.4 Å². The third kappa shape index (κ3) is 3.61. The Morgan fingerprint density at radius 2 is 1.76 bits per heavy atom. The Morgan fingerprint density at radius 3 is 2.40 bits per heavy atom. The zero-order valence-electron chi connectivity index (χ0n) is 14.3. The average Bonchev–Trinajstić information content (AvgIpc) is 2.79. The van der Waals surface area contributed by atoms with Crippen LogP contribution in [0, 0.1) is 0 Å². The van der Waals surface area contributed by atoms with Crippen molar-refractivity contribution < 1.29 is 9.53 Å². The van der Waals surface area contributed by atoms with E-state index in [-0.39, 0.29) is 0 Å². The molecule has 0 saturated carbocycles. The van der Waals surface area contributed by atoms with Crippen molar-refractivity contribution in [1.29, 1.82) is 0 Å². The summed E-state index contributed by atoms with van der Waals surface area (Å²) in [4.78, 5) is 25.5. The van der Waals surface area contributed by atoms with E-state index >= 15 is 0 Å². The number of imidazole rings is 1. The van der Waals surface area contributed by atoms with Gasteiger partial charge < -0.3 is 4.74 Å². The van der Waals surface area contributed by atoms with Crippen molar-refractivity contribution in [3.8, 4) is 0 Å². The second kappa shape index (κ2) is 6.41. The molecular weight excluding hydrogens is 340 g/mol. The fourth-order valence-electron chi connectivity index (χ4n) is 2.63. The minimum absolute atomic E-state index is 0.340. The minimum Gasteiger partial charge on any atom is -0.443 e. The molecule has 0 aliphatic rings. The zero-order chi connectivity index (χ0) is 18.2. The van der Waals surface area contributed by atoms with Gasteiger partial charge in [0.25, 0.3) is 0 Å². The van der Waals surface area contributed by atoms with Crippen LogP contribution in [0.1, 0.15) is 26.3 Å². The molecule has 0 atom stereocenters. The normalized spacial score (nSPS) is 11.7.